The normalized spacial score (nSPS) is 10.8. The van der Waals surface area contributed by atoms with E-state index >= 15 is 0 Å². The molecule has 2 aromatic carbocycles. The highest BCUT2D eigenvalue weighted by Crippen LogP contribution is 2.11. The van der Waals surface area contributed by atoms with Gasteiger partial charge < -0.3 is 5.11 Å². The molecule has 1 aromatic heterocycles. The molecule has 0 radical (unpaired) electrons. The molecular weight excluding hydrogens is 252 g/mol. The van der Waals surface area contributed by atoms with Gasteiger partial charge in [0.15, 0.2) is 0 Å². The Labute approximate surface area is 115 Å². The number of hydrogen-bond acceptors (Lipinski definition) is 3. The van der Waals surface area contributed by atoms with Crippen molar-refractivity contribution in [2.24, 2.45) is 0 Å². The van der Waals surface area contributed by atoms with Gasteiger partial charge in [0.2, 0.25) is 5.43 Å². The number of aliphatic hydroxyl groups is 1. The molecule has 0 aliphatic heterocycles. The number of nitrogens with zero attached hydrogens (tertiary/aromatic N) is 2. The van der Waals surface area contributed by atoms with E-state index in [1.165, 1.54) is 6.20 Å². The van der Waals surface area contributed by atoms with E-state index in [2.05, 4.69) is 5.10 Å². The smallest absolute Gasteiger partial charge is 0.207 e. The Bertz CT molecular complexity index is 791. The summed E-state index contributed by atoms with van der Waals surface area (Å²) in [6, 6.07) is 15.1. The van der Waals surface area contributed by atoms with Crippen molar-refractivity contribution in [2.45, 2.75) is 13.2 Å². The first-order chi connectivity index (χ1) is 9.78. The summed E-state index contributed by atoms with van der Waals surface area (Å²) in [6.07, 6.45) is 1.35. The van der Waals surface area contributed by atoms with Crippen LogP contribution in [0.15, 0.2) is 59.5 Å². The van der Waals surface area contributed by atoms with Gasteiger partial charge in [-0.3, -0.25) is 9.48 Å². The summed E-state index contributed by atoms with van der Waals surface area (Å²) in [6.45, 7) is 0.631. The minimum atomic E-state index is -0.0625. The fraction of sp³-hybridized carbons (Fsp3) is 0.125. The maximum absolute atomic E-state index is 11.8. The molecule has 0 unspecified atom stereocenters. The van der Waals surface area contributed by atoms with E-state index in [0.717, 1.165) is 16.6 Å². The van der Waals surface area contributed by atoms with Gasteiger partial charge >= 0.3 is 0 Å². The molecule has 100 valence electrons. The monoisotopic (exact) mass is 266 g/mol. The first-order valence-corrected chi connectivity index (χ1v) is 6.41. The second kappa shape index (κ2) is 5.27. The van der Waals surface area contributed by atoms with Gasteiger partial charge in [-0.25, -0.2) is 0 Å². The van der Waals surface area contributed by atoms with E-state index in [4.69, 9.17) is 5.11 Å². The van der Waals surface area contributed by atoms with Gasteiger partial charge in [0, 0.05) is 5.39 Å². The fourth-order valence-corrected chi connectivity index (χ4v) is 2.21. The summed E-state index contributed by atoms with van der Waals surface area (Å²) >= 11 is 0. The van der Waals surface area contributed by atoms with Crippen LogP contribution >= 0.6 is 0 Å². The molecule has 20 heavy (non-hydrogen) atoms. The third-order valence-electron chi connectivity index (χ3n) is 3.30. The molecule has 0 spiro atoms. The van der Waals surface area contributed by atoms with Crippen LogP contribution in [0.4, 0.5) is 0 Å². The first-order valence-electron chi connectivity index (χ1n) is 6.41. The highest BCUT2D eigenvalue weighted by molar-refractivity contribution is 5.77. The highest BCUT2D eigenvalue weighted by Gasteiger charge is 2.04. The van der Waals surface area contributed by atoms with Gasteiger partial charge in [-0.1, -0.05) is 36.4 Å². The number of fused-ring (bicyclic) bond motifs is 1. The maximum atomic E-state index is 11.8. The van der Waals surface area contributed by atoms with Crippen LogP contribution in [0.5, 0.6) is 0 Å². The van der Waals surface area contributed by atoms with Crippen molar-refractivity contribution >= 4 is 10.9 Å². The summed E-state index contributed by atoms with van der Waals surface area (Å²) in [5, 5.41) is 13.9. The first kappa shape index (κ1) is 12.6. The van der Waals surface area contributed by atoms with Crippen molar-refractivity contribution in [2.75, 3.05) is 0 Å². The molecule has 1 heterocycles. The average molecular weight is 266 g/mol. The molecular formula is C16H14N2O2. The predicted octanol–water partition coefficient (Wildman–Crippen LogP) is 1.94. The van der Waals surface area contributed by atoms with E-state index in [1.54, 1.807) is 0 Å². The van der Waals surface area contributed by atoms with E-state index in [1.807, 2.05) is 53.2 Å². The Kier molecular flexibility index (Phi) is 3.31. The molecule has 0 aliphatic carbocycles. The third kappa shape index (κ3) is 2.33. The molecule has 0 atom stereocenters. The molecule has 4 heteroatoms. The van der Waals surface area contributed by atoms with Gasteiger partial charge in [0.05, 0.1) is 24.9 Å². The third-order valence-corrected chi connectivity index (χ3v) is 3.30. The van der Waals surface area contributed by atoms with Crippen molar-refractivity contribution < 1.29 is 5.11 Å². The molecule has 0 bridgehead atoms. The quantitative estimate of drug-likeness (QED) is 0.788. The van der Waals surface area contributed by atoms with Crippen LogP contribution in [0, 0.1) is 0 Å². The van der Waals surface area contributed by atoms with Crippen LogP contribution in [-0.4, -0.2) is 14.9 Å². The SMILES string of the molecule is O=c1cnn(Cc2ccc(CO)cc2)c2ccccc12. The van der Waals surface area contributed by atoms with Crippen molar-refractivity contribution in [3.05, 3.63) is 76.1 Å². The molecule has 0 amide bonds. The summed E-state index contributed by atoms with van der Waals surface area (Å²) in [7, 11) is 0. The van der Waals surface area contributed by atoms with Crippen molar-refractivity contribution in [1.29, 1.82) is 0 Å². The Balaban J connectivity index is 2.02. The summed E-state index contributed by atoms with van der Waals surface area (Å²) < 4.78 is 1.81. The zero-order chi connectivity index (χ0) is 13.9. The van der Waals surface area contributed by atoms with Gasteiger partial charge in [-0.15, -0.1) is 0 Å². The molecule has 3 aromatic rings. The van der Waals surface area contributed by atoms with E-state index in [0.29, 0.717) is 11.9 Å². The van der Waals surface area contributed by atoms with E-state index < -0.39 is 0 Å². The Morgan fingerprint density at radius 3 is 2.45 bits per heavy atom. The van der Waals surface area contributed by atoms with Gasteiger partial charge in [-0.05, 0) is 23.3 Å². The summed E-state index contributed by atoms with van der Waals surface area (Å²) in [4.78, 5) is 11.8. The van der Waals surface area contributed by atoms with Crippen LogP contribution in [-0.2, 0) is 13.2 Å². The Morgan fingerprint density at radius 2 is 1.70 bits per heavy atom. The number of aromatic nitrogens is 2. The lowest BCUT2D eigenvalue weighted by Crippen LogP contribution is -2.12. The second-order valence-electron chi connectivity index (χ2n) is 4.66. The maximum Gasteiger partial charge on any atom is 0.207 e. The zero-order valence-corrected chi connectivity index (χ0v) is 10.9. The average Bonchev–Trinajstić information content (AvgIpc) is 2.51. The number of hydrogen-bond donors (Lipinski definition) is 1. The highest BCUT2D eigenvalue weighted by atomic mass is 16.3. The molecule has 0 saturated carbocycles. The largest absolute Gasteiger partial charge is 0.392 e. The summed E-state index contributed by atoms with van der Waals surface area (Å²) in [5.74, 6) is 0. The second-order valence-corrected chi connectivity index (χ2v) is 4.66. The minimum absolute atomic E-state index is 0.0412. The van der Waals surface area contributed by atoms with Gasteiger partial charge in [0.1, 0.15) is 0 Å². The molecule has 1 N–H and O–H groups in total. The molecule has 0 saturated heterocycles. The lowest BCUT2D eigenvalue weighted by molar-refractivity contribution is 0.282. The zero-order valence-electron chi connectivity index (χ0n) is 10.9. The van der Waals surface area contributed by atoms with E-state index in [-0.39, 0.29) is 12.0 Å². The van der Waals surface area contributed by atoms with E-state index in [9.17, 15) is 4.79 Å². The fourth-order valence-electron chi connectivity index (χ4n) is 2.21. The summed E-state index contributed by atoms with van der Waals surface area (Å²) in [5.41, 5.74) is 2.72. The van der Waals surface area contributed by atoms with Crippen LogP contribution in [0.25, 0.3) is 10.9 Å². The molecule has 0 aliphatic rings. The minimum Gasteiger partial charge on any atom is -0.392 e. The predicted molar refractivity (Wildman–Crippen MR) is 77.5 cm³/mol. The van der Waals surface area contributed by atoms with Crippen LogP contribution in [0.2, 0.25) is 0 Å². The molecule has 4 nitrogen and oxygen atoms in total. The topological polar surface area (TPSA) is 55.1 Å². The molecule has 0 fully saturated rings. The number of para-hydroxylation sites is 1. The van der Waals surface area contributed by atoms with Crippen LogP contribution < -0.4 is 5.43 Å². The van der Waals surface area contributed by atoms with Crippen LogP contribution in [0.1, 0.15) is 11.1 Å². The Hall–Kier alpha value is -2.46. The number of aliphatic hydroxyl groups excluding tert-OH is 1. The number of rotatable bonds is 3. The van der Waals surface area contributed by atoms with Gasteiger partial charge in [-0.2, -0.15) is 5.10 Å². The van der Waals surface area contributed by atoms with Crippen molar-refractivity contribution in [1.82, 2.24) is 9.78 Å². The number of benzene rings is 2. The standard InChI is InChI=1S/C16H14N2O2/c19-11-13-7-5-12(6-8-13)10-18-15-4-2-1-3-14(15)16(20)9-17-18/h1-9,19H,10-11H2. The van der Waals surface area contributed by atoms with Crippen molar-refractivity contribution in [3.63, 3.8) is 0 Å². The lowest BCUT2D eigenvalue weighted by atomic mass is 10.1. The lowest BCUT2D eigenvalue weighted by Gasteiger charge is -2.09. The van der Waals surface area contributed by atoms with Crippen LogP contribution in [0.3, 0.4) is 0 Å². The van der Waals surface area contributed by atoms with Crippen molar-refractivity contribution in [3.8, 4) is 0 Å². The Morgan fingerprint density at radius 1 is 1.00 bits per heavy atom. The molecule has 3 rings (SSSR count). The van der Waals surface area contributed by atoms with Gasteiger partial charge in [0.25, 0.3) is 0 Å².